The Morgan fingerprint density at radius 1 is 1.24 bits per heavy atom. The van der Waals surface area contributed by atoms with E-state index in [0.717, 1.165) is 10.5 Å². The molecule has 0 aliphatic rings. The van der Waals surface area contributed by atoms with E-state index in [-0.39, 0.29) is 12.0 Å². The molecule has 1 amide bonds. The van der Waals surface area contributed by atoms with Gasteiger partial charge in [-0.15, -0.1) is 0 Å². The van der Waals surface area contributed by atoms with Crippen LogP contribution in [0.3, 0.4) is 0 Å². The molecule has 0 saturated heterocycles. The van der Waals surface area contributed by atoms with Gasteiger partial charge in [-0.25, -0.2) is 8.78 Å². The summed E-state index contributed by atoms with van der Waals surface area (Å²) in [6, 6.07) is 7.06. The van der Waals surface area contributed by atoms with Gasteiger partial charge >= 0.3 is 0 Å². The van der Waals surface area contributed by atoms with Crippen LogP contribution in [0.25, 0.3) is 0 Å². The van der Waals surface area contributed by atoms with E-state index in [1.54, 1.807) is 12.1 Å². The summed E-state index contributed by atoms with van der Waals surface area (Å²) in [6.07, 6.45) is -0.286. The number of amides is 1. The third kappa shape index (κ3) is 3.79. The van der Waals surface area contributed by atoms with E-state index >= 15 is 0 Å². The summed E-state index contributed by atoms with van der Waals surface area (Å²) in [5, 5.41) is 2.58. The van der Waals surface area contributed by atoms with E-state index < -0.39 is 17.5 Å². The molecule has 0 heterocycles. The van der Waals surface area contributed by atoms with E-state index in [9.17, 15) is 13.6 Å². The van der Waals surface area contributed by atoms with Crippen LogP contribution in [-0.4, -0.2) is 5.91 Å². The van der Waals surface area contributed by atoms with Crippen molar-refractivity contribution in [2.45, 2.75) is 6.42 Å². The predicted molar refractivity (Wildman–Crippen MR) is 84.9 cm³/mol. The third-order valence-corrected chi connectivity index (χ3v) is 3.82. The minimum absolute atomic E-state index is 0.0145. The highest BCUT2D eigenvalue weighted by molar-refractivity contribution is 9.11. The van der Waals surface area contributed by atoms with Crippen LogP contribution in [0.15, 0.2) is 39.3 Å². The molecule has 0 spiro atoms. The first-order chi connectivity index (χ1) is 9.88. The van der Waals surface area contributed by atoms with E-state index in [4.69, 9.17) is 5.73 Å². The Balaban J connectivity index is 2.18. The third-order valence-electron chi connectivity index (χ3n) is 2.73. The van der Waals surface area contributed by atoms with Crippen molar-refractivity contribution >= 4 is 49.1 Å². The molecule has 0 aliphatic carbocycles. The molecule has 7 heteroatoms. The fourth-order valence-electron chi connectivity index (χ4n) is 1.77. The van der Waals surface area contributed by atoms with Gasteiger partial charge in [-0.3, -0.25) is 4.79 Å². The summed E-state index contributed by atoms with van der Waals surface area (Å²) >= 11 is 6.55. The number of nitrogens with one attached hydrogen (secondary N) is 1. The zero-order valence-corrected chi connectivity index (χ0v) is 13.8. The van der Waals surface area contributed by atoms with E-state index in [0.29, 0.717) is 15.8 Å². The van der Waals surface area contributed by atoms with E-state index in [1.807, 2.05) is 0 Å². The molecule has 0 aromatic heterocycles. The predicted octanol–water partition coefficient (Wildman–Crippen LogP) is 4.25. The molecule has 0 atom stereocenters. The lowest BCUT2D eigenvalue weighted by atomic mass is 10.1. The zero-order valence-electron chi connectivity index (χ0n) is 10.6. The first kappa shape index (κ1) is 15.9. The molecule has 0 fully saturated rings. The molecule has 0 bridgehead atoms. The molecule has 3 N–H and O–H groups in total. The van der Waals surface area contributed by atoms with Crippen LogP contribution in [-0.2, 0) is 11.2 Å². The normalized spacial score (nSPS) is 10.5. The van der Waals surface area contributed by atoms with Crippen molar-refractivity contribution in [3.8, 4) is 0 Å². The lowest BCUT2D eigenvalue weighted by Gasteiger charge is -2.11. The lowest BCUT2D eigenvalue weighted by Crippen LogP contribution is -2.17. The van der Waals surface area contributed by atoms with Crippen molar-refractivity contribution < 1.29 is 13.6 Å². The molecule has 3 nitrogen and oxygen atoms in total. The Kier molecular flexibility index (Phi) is 4.95. The molecule has 2 aromatic carbocycles. The molecule has 2 aromatic rings. The SMILES string of the molecule is Nc1cc(Br)cc(Br)c1NC(=O)Cc1cccc(F)c1F. The smallest absolute Gasteiger partial charge is 0.228 e. The molecule has 0 radical (unpaired) electrons. The first-order valence-corrected chi connectivity index (χ1v) is 7.44. The number of benzene rings is 2. The molecule has 0 unspecified atom stereocenters. The number of halogens is 4. The first-order valence-electron chi connectivity index (χ1n) is 5.85. The average Bonchev–Trinajstić information content (AvgIpc) is 2.39. The maximum absolute atomic E-state index is 13.5. The number of hydrogen-bond donors (Lipinski definition) is 2. The largest absolute Gasteiger partial charge is 0.397 e. The summed E-state index contributed by atoms with van der Waals surface area (Å²) in [6.45, 7) is 0. The van der Waals surface area contributed by atoms with E-state index in [2.05, 4.69) is 37.2 Å². The fourth-order valence-corrected chi connectivity index (χ4v) is 3.12. The van der Waals surface area contributed by atoms with Gasteiger partial charge in [0, 0.05) is 14.5 Å². The van der Waals surface area contributed by atoms with Crippen LogP contribution >= 0.6 is 31.9 Å². The van der Waals surface area contributed by atoms with E-state index in [1.165, 1.54) is 12.1 Å². The number of carbonyl (C=O) groups is 1. The average molecular weight is 420 g/mol. The number of carbonyl (C=O) groups excluding carboxylic acids is 1. The number of anilines is 2. The standard InChI is InChI=1S/C14H10Br2F2N2O/c15-8-5-9(16)14(11(19)6-8)20-12(21)4-7-2-1-3-10(17)13(7)18/h1-3,5-6H,4,19H2,(H,20,21). The second-order valence-electron chi connectivity index (χ2n) is 4.29. The monoisotopic (exact) mass is 418 g/mol. The molecule has 21 heavy (non-hydrogen) atoms. The van der Waals surface area contributed by atoms with Gasteiger partial charge in [0.1, 0.15) is 0 Å². The van der Waals surface area contributed by atoms with Gasteiger partial charge in [0.05, 0.1) is 17.8 Å². The van der Waals surface area contributed by atoms with Crippen molar-refractivity contribution in [3.05, 3.63) is 56.5 Å². The Labute approximate surface area is 136 Å². The minimum atomic E-state index is -1.02. The van der Waals surface area contributed by atoms with Gasteiger partial charge in [-0.2, -0.15) is 0 Å². The van der Waals surface area contributed by atoms with Crippen molar-refractivity contribution in [1.29, 1.82) is 0 Å². The molecular formula is C14H10Br2F2N2O. The highest BCUT2D eigenvalue weighted by Gasteiger charge is 2.14. The van der Waals surface area contributed by atoms with Crippen LogP contribution < -0.4 is 11.1 Å². The lowest BCUT2D eigenvalue weighted by molar-refractivity contribution is -0.115. The molecule has 2 rings (SSSR count). The van der Waals surface area contributed by atoms with Crippen LogP contribution in [0, 0.1) is 11.6 Å². The zero-order chi connectivity index (χ0) is 15.6. The maximum Gasteiger partial charge on any atom is 0.228 e. The van der Waals surface area contributed by atoms with Crippen LogP contribution in [0.1, 0.15) is 5.56 Å². The molecule has 110 valence electrons. The van der Waals surface area contributed by atoms with Crippen LogP contribution in [0.5, 0.6) is 0 Å². The van der Waals surface area contributed by atoms with Crippen LogP contribution in [0.4, 0.5) is 20.2 Å². The summed E-state index contributed by atoms with van der Waals surface area (Å²) < 4.78 is 27.9. The highest BCUT2D eigenvalue weighted by atomic mass is 79.9. The van der Waals surface area contributed by atoms with Gasteiger partial charge in [-0.1, -0.05) is 28.1 Å². The number of rotatable bonds is 3. The maximum atomic E-state index is 13.5. The van der Waals surface area contributed by atoms with Crippen molar-refractivity contribution in [3.63, 3.8) is 0 Å². The van der Waals surface area contributed by atoms with Crippen molar-refractivity contribution in [2.24, 2.45) is 0 Å². The van der Waals surface area contributed by atoms with Gasteiger partial charge in [0.15, 0.2) is 11.6 Å². The Morgan fingerprint density at radius 3 is 2.62 bits per heavy atom. The topological polar surface area (TPSA) is 55.1 Å². The van der Waals surface area contributed by atoms with Gasteiger partial charge in [0.2, 0.25) is 5.91 Å². The van der Waals surface area contributed by atoms with Crippen molar-refractivity contribution in [2.75, 3.05) is 11.1 Å². The van der Waals surface area contributed by atoms with Crippen molar-refractivity contribution in [1.82, 2.24) is 0 Å². The highest BCUT2D eigenvalue weighted by Crippen LogP contribution is 2.32. The minimum Gasteiger partial charge on any atom is -0.397 e. The Morgan fingerprint density at radius 2 is 1.95 bits per heavy atom. The second-order valence-corrected chi connectivity index (χ2v) is 6.06. The molecule has 0 aliphatic heterocycles. The van der Waals surface area contributed by atoms with Gasteiger partial charge in [0.25, 0.3) is 0 Å². The van der Waals surface area contributed by atoms with Gasteiger partial charge < -0.3 is 11.1 Å². The number of nitrogens with two attached hydrogens (primary N) is 1. The molecule has 0 saturated carbocycles. The second kappa shape index (κ2) is 6.53. The molecular weight excluding hydrogens is 410 g/mol. The van der Waals surface area contributed by atoms with Crippen LogP contribution in [0.2, 0.25) is 0 Å². The summed E-state index contributed by atoms with van der Waals surface area (Å²) in [4.78, 5) is 11.9. The fraction of sp³-hybridized carbons (Fsp3) is 0.0714. The quantitative estimate of drug-likeness (QED) is 0.730. The summed E-state index contributed by atoms with van der Waals surface area (Å²) in [7, 11) is 0. The number of hydrogen-bond acceptors (Lipinski definition) is 2. The summed E-state index contributed by atoms with van der Waals surface area (Å²) in [5.74, 6) is -2.49. The van der Waals surface area contributed by atoms with Gasteiger partial charge in [-0.05, 0) is 34.1 Å². The Bertz CT molecular complexity index is 684. The number of nitrogen functional groups attached to an aromatic ring is 1. The Hall–Kier alpha value is -1.47. The summed E-state index contributed by atoms with van der Waals surface area (Å²) in [5.41, 5.74) is 6.53.